The molecule has 178 valence electrons. The second-order valence-electron chi connectivity index (χ2n) is 8.38. The van der Waals surface area contributed by atoms with Crippen molar-refractivity contribution in [3.05, 3.63) is 53.6 Å². The van der Waals surface area contributed by atoms with E-state index in [1.807, 2.05) is 12.1 Å². The lowest BCUT2D eigenvalue weighted by Gasteiger charge is -2.26. The van der Waals surface area contributed by atoms with Crippen LogP contribution in [0.4, 0.5) is 5.69 Å². The fraction of sp³-hybridized carbons (Fsp3) is 0.458. The van der Waals surface area contributed by atoms with E-state index in [0.717, 1.165) is 29.5 Å². The quantitative estimate of drug-likeness (QED) is 0.603. The van der Waals surface area contributed by atoms with E-state index < -0.39 is 10.0 Å². The number of piperidine rings is 1. The monoisotopic (exact) mass is 473 g/mol. The van der Waals surface area contributed by atoms with Gasteiger partial charge in [0.25, 0.3) is 0 Å². The summed E-state index contributed by atoms with van der Waals surface area (Å²) in [6.45, 7) is 4.86. The van der Waals surface area contributed by atoms with Gasteiger partial charge in [-0.25, -0.2) is 8.42 Å². The number of sulfonamides is 1. The first-order valence-corrected chi connectivity index (χ1v) is 13.0. The lowest BCUT2D eigenvalue weighted by Crippen LogP contribution is -2.41. The largest absolute Gasteiger partial charge is 0.454 e. The molecule has 2 heterocycles. The van der Waals surface area contributed by atoms with E-state index in [-0.39, 0.29) is 25.0 Å². The van der Waals surface area contributed by atoms with Gasteiger partial charge in [-0.3, -0.25) is 14.0 Å². The topological polar surface area (TPSA) is 88.2 Å². The molecular formula is C24H31N3O5S. The Morgan fingerprint density at radius 1 is 1.03 bits per heavy atom. The van der Waals surface area contributed by atoms with Gasteiger partial charge in [0, 0.05) is 19.2 Å². The number of benzene rings is 2. The van der Waals surface area contributed by atoms with Gasteiger partial charge in [-0.05, 0) is 56.1 Å². The molecule has 4 rings (SSSR count). The van der Waals surface area contributed by atoms with Gasteiger partial charge in [-0.2, -0.15) is 0 Å². The highest BCUT2D eigenvalue weighted by Gasteiger charge is 2.25. The molecule has 2 aromatic carbocycles. The van der Waals surface area contributed by atoms with E-state index in [1.54, 1.807) is 25.1 Å². The van der Waals surface area contributed by atoms with E-state index in [2.05, 4.69) is 22.3 Å². The summed E-state index contributed by atoms with van der Waals surface area (Å²) in [6.07, 6.45) is 3.80. The van der Waals surface area contributed by atoms with Crippen LogP contribution in [0.25, 0.3) is 0 Å². The Morgan fingerprint density at radius 2 is 1.79 bits per heavy atom. The zero-order valence-corrected chi connectivity index (χ0v) is 19.8. The average Bonchev–Trinajstić information content (AvgIpc) is 3.30. The van der Waals surface area contributed by atoms with Crippen molar-refractivity contribution in [3.8, 4) is 11.5 Å². The third-order valence-corrected chi connectivity index (χ3v) is 7.71. The number of amides is 1. The second kappa shape index (κ2) is 10.4. The van der Waals surface area contributed by atoms with Gasteiger partial charge in [0.15, 0.2) is 11.5 Å². The molecule has 1 fully saturated rings. The van der Waals surface area contributed by atoms with Crippen molar-refractivity contribution in [2.75, 3.05) is 36.5 Å². The Labute approximate surface area is 195 Å². The number of carbonyl (C=O) groups excluding carboxylic acids is 1. The molecule has 1 amide bonds. The number of fused-ring (bicyclic) bond motifs is 1. The molecule has 0 aromatic heterocycles. The number of nitrogens with one attached hydrogen (secondary N) is 1. The van der Waals surface area contributed by atoms with Gasteiger partial charge in [-0.15, -0.1) is 0 Å². The van der Waals surface area contributed by atoms with Crippen LogP contribution >= 0.6 is 0 Å². The third-order valence-electron chi connectivity index (χ3n) is 5.97. The minimum Gasteiger partial charge on any atom is -0.454 e. The van der Waals surface area contributed by atoms with Crippen molar-refractivity contribution >= 4 is 21.6 Å². The number of likely N-dealkylation sites (tertiary alicyclic amines) is 1. The van der Waals surface area contributed by atoms with E-state index in [9.17, 15) is 13.2 Å². The lowest BCUT2D eigenvalue weighted by atomic mass is 10.1. The van der Waals surface area contributed by atoms with Crippen LogP contribution < -0.4 is 19.1 Å². The maximum Gasteiger partial charge on any atom is 0.241 e. The number of nitrogens with zero attached hydrogens (tertiary/aromatic N) is 2. The zero-order chi connectivity index (χ0) is 23.3. The molecular weight excluding hydrogens is 442 g/mol. The fourth-order valence-corrected chi connectivity index (χ4v) is 5.21. The first-order valence-electron chi connectivity index (χ1n) is 11.4. The number of rotatable bonds is 9. The van der Waals surface area contributed by atoms with Crippen molar-refractivity contribution in [2.45, 2.75) is 39.3 Å². The average molecular weight is 474 g/mol. The summed E-state index contributed by atoms with van der Waals surface area (Å²) in [6, 6.07) is 13.1. The molecule has 33 heavy (non-hydrogen) atoms. The standard InChI is InChI=1S/C24H31N3O5S/c1-2-33(29,30)27(21-9-10-22-23(14-21)32-18-31-22)17-24(28)25-15-19-7-6-8-20(13-19)16-26-11-4-3-5-12-26/h6-10,13-14H,2-5,11-12,15-18H2,1H3,(H,25,28). The Morgan fingerprint density at radius 3 is 2.58 bits per heavy atom. The lowest BCUT2D eigenvalue weighted by molar-refractivity contribution is -0.119. The van der Waals surface area contributed by atoms with E-state index in [0.29, 0.717) is 23.7 Å². The van der Waals surface area contributed by atoms with Gasteiger partial charge in [-0.1, -0.05) is 30.7 Å². The molecule has 2 aromatic rings. The van der Waals surface area contributed by atoms with Crippen LogP contribution in [0, 0.1) is 0 Å². The first kappa shape index (κ1) is 23.4. The minimum atomic E-state index is -3.66. The molecule has 9 heteroatoms. The maximum absolute atomic E-state index is 12.7. The normalized spacial score (nSPS) is 15.9. The van der Waals surface area contributed by atoms with E-state index in [1.165, 1.54) is 24.8 Å². The molecule has 0 unspecified atom stereocenters. The summed E-state index contributed by atoms with van der Waals surface area (Å²) in [5, 5.41) is 2.86. The smallest absolute Gasteiger partial charge is 0.241 e. The van der Waals surface area contributed by atoms with Gasteiger partial charge in [0.2, 0.25) is 22.7 Å². The Bertz CT molecular complexity index is 1080. The van der Waals surface area contributed by atoms with E-state index in [4.69, 9.17) is 9.47 Å². The predicted octanol–water partition coefficient (Wildman–Crippen LogP) is 2.87. The third kappa shape index (κ3) is 5.97. The van der Waals surface area contributed by atoms with Crippen LogP contribution in [0.2, 0.25) is 0 Å². The maximum atomic E-state index is 12.7. The molecule has 0 bridgehead atoms. The van der Waals surface area contributed by atoms with Crippen molar-refractivity contribution < 1.29 is 22.7 Å². The highest BCUT2D eigenvalue weighted by molar-refractivity contribution is 7.92. The van der Waals surface area contributed by atoms with Crippen LogP contribution in [0.3, 0.4) is 0 Å². The molecule has 1 saturated heterocycles. The number of carbonyl (C=O) groups is 1. The summed E-state index contributed by atoms with van der Waals surface area (Å²) < 4.78 is 37.2. The van der Waals surface area contributed by atoms with Crippen LogP contribution in [0.15, 0.2) is 42.5 Å². The minimum absolute atomic E-state index is 0.0939. The summed E-state index contributed by atoms with van der Waals surface area (Å²) in [4.78, 5) is 15.2. The van der Waals surface area contributed by atoms with Gasteiger partial charge in [0.1, 0.15) is 6.54 Å². The molecule has 0 spiro atoms. The molecule has 1 N–H and O–H groups in total. The van der Waals surface area contributed by atoms with Crippen LogP contribution in [0.5, 0.6) is 11.5 Å². The highest BCUT2D eigenvalue weighted by atomic mass is 32.2. The van der Waals surface area contributed by atoms with Gasteiger partial charge >= 0.3 is 0 Å². The number of anilines is 1. The summed E-state index contributed by atoms with van der Waals surface area (Å²) >= 11 is 0. The van der Waals surface area contributed by atoms with Crippen molar-refractivity contribution in [2.24, 2.45) is 0 Å². The van der Waals surface area contributed by atoms with E-state index >= 15 is 0 Å². The molecule has 0 radical (unpaired) electrons. The Hall–Kier alpha value is -2.78. The first-order chi connectivity index (χ1) is 15.9. The molecule has 8 nitrogen and oxygen atoms in total. The number of ether oxygens (including phenoxy) is 2. The summed E-state index contributed by atoms with van der Waals surface area (Å²) in [5.41, 5.74) is 2.59. The predicted molar refractivity (Wildman–Crippen MR) is 127 cm³/mol. The van der Waals surface area contributed by atoms with Gasteiger partial charge in [0.05, 0.1) is 11.4 Å². The fourth-order valence-electron chi connectivity index (χ4n) is 4.15. The molecule has 0 saturated carbocycles. The van der Waals surface area contributed by atoms with Crippen LogP contribution in [-0.4, -0.2) is 51.4 Å². The second-order valence-corrected chi connectivity index (χ2v) is 10.6. The van der Waals surface area contributed by atoms with Crippen LogP contribution in [-0.2, 0) is 27.9 Å². The SMILES string of the molecule is CCS(=O)(=O)N(CC(=O)NCc1cccc(CN2CCCCC2)c1)c1ccc2c(c1)OCO2. The Balaban J connectivity index is 1.39. The van der Waals surface area contributed by atoms with Crippen molar-refractivity contribution in [3.63, 3.8) is 0 Å². The molecule has 0 atom stereocenters. The van der Waals surface area contributed by atoms with Crippen molar-refractivity contribution in [1.29, 1.82) is 0 Å². The zero-order valence-electron chi connectivity index (χ0n) is 19.0. The summed E-state index contributed by atoms with van der Waals surface area (Å²) in [5.74, 6) is 0.537. The Kier molecular flexibility index (Phi) is 7.39. The molecule has 2 aliphatic heterocycles. The molecule has 0 aliphatic carbocycles. The number of hydrogen-bond donors (Lipinski definition) is 1. The summed E-state index contributed by atoms with van der Waals surface area (Å²) in [7, 11) is -3.66. The number of hydrogen-bond acceptors (Lipinski definition) is 6. The highest BCUT2D eigenvalue weighted by Crippen LogP contribution is 2.36. The van der Waals surface area contributed by atoms with Crippen LogP contribution in [0.1, 0.15) is 37.3 Å². The van der Waals surface area contributed by atoms with Crippen molar-refractivity contribution in [1.82, 2.24) is 10.2 Å². The van der Waals surface area contributed by atoms with Gasteiger partial charge < -0.3 is 14.8 Å². The molecule has 2 aliphatic rings.